The Labute approximate surface area is 220 Å². The lowest BCUT2D eigenvalue weighted by atomic mass is 10.1. The number of hydrogen-bond donors (Lipinski definition) is 2. The van der Waals surface area contributed by atoms with Crippen molar-refractivity contribution < 1.29 is 13.2 Å². The van der Waals surface area contributed by atoms with Crippen molar-refractivity contribution in [3.05, 3.63) is 101 Å². The van der Waals surface area contributed by atoms with E-state index in [2.05, 4.69) is 11.4 Å². The molecular weight excluding hydrogens is 510 g/mol. The Kier molecular flexibility index (Phi) is 7.92. The smallest absolute Gasteiger partial charge is 0.328 e. The lowest BCUT2D eigenvalue weighted by Crippen LogP contribution is -2.40. The Morgan fingerprint density at radius 1 is 1.05 bits per heavy atom. The zero-order valence-corrected chi connectivity index (χ0v) is 21.6. The van der Waals surface area contributed by atoms with Gasteiger partial charge in [-0.25, -0.2) is 22.9 Å². The highest BCUT2D eigenvalue weighted by atomic mass is 35.5. The average Bonchev–Trinajstić information content (AvgIpc) is 3.33. The fourth-order valence-electron chi connectivity index (χ4n) is 3.77. The number of nitriles is 1. The molecule has 0 radical (unpaired) electrons. The second-order valence-corrected chi connectivity index (χ2v) is 10.2. The van der Waals surface area contributed by atoms with E-state index in [0.717, 1.165) is 34.8 Å². The number of carbonyl (C=O) groups is 1. The fraction of sp³-hybridized carbons (Fsp3) is 0.148. The molecule has 1 aromatic heterocycles. The van der Waals surface area contributed by atoms with Gasteiger partial charge in [-0.1, -0.05) is 54.9 Å². The molecule has 0 aliphatic heterocycles. The first-order valence-electron chi connectivity index (χ1n) is 11.5. The molecule has 8 nitrogen and oxygen atoms in total. The molecule has 3 aromatic carbocycles. The number of urea groups is 1. The highest BCUT2D eigenvalue weighted by Crippen LogP contribution is 2.23. The van der Waals surface area contributed by atoms with E-state index in [-0.39, 0.29) is 16.5 Å². The molecule has 4 aromatic rings. The highest BCUT2D eigenvalue weighted by Gasteiger charge is 2.20. The lowest BCUT2D eigenvalue weighted by molar-refractivity contribution is 0.246. The monoisotopic (exact) mass is 533 g/mol. The number of rotatable bonds is 8. The maximum Gasteiger partial charge on any atom is 0.328 e. The van der Waals surface area contributed by atoms with Crippen LogP contribution >= 0.6 is 11.6 Å². The van der Waals surface area contributed by atoms with E-state index in [1.807, 2.05) is 58.8 Å². The number of benzene rings is 3. The first-order valence-corrected chi connectivity index (χ1v) is 13.4. The van der Waals surface area contributed by atoms with E-state index >= 15 is 0 Å². The SMILES string of the molecule is CCc1nc(-c2ccc(C#N)cc2)cn1-c1ccc(CCNC(=O)NS(=O)(=O)c2ccccc2Cl)cc1. The topological polar surface area (TPSA) is 117 Å². The minimum Gasteiger partial charge on any atom is -0.337 e. The number of hydrogen-bond acceptors (Lipinski definition) is 5. The average molecular weight is 534 g/mol. The number of nitrogens with one attached hydrogen (secondary N) is 2. The van der Waals surface area contributed by atoms with Gasteiger partial charge in [0.25, 0.3) is 10.0 Å². The van der Waals surface area contributed by atoms with Crippen LogP contribution in [-0.4, -0.2) is 30.5 Å². The van der Waals surface area contributed by atoms with E-state index in [9.17, 15) is 13.2 Å². The van der Waals surface area contributed by atoms with E-state index < -0.39 is 16.1 Å². The molecule has 0 saturated carbocycles. The van der Waals surface area contributed by atoms with Crippen LogP contribution in [-0.2, 0) is 22.9 Å². The predicted molar refractivity (Wildman–Crippen MR) is 142 cm³/mol. The number of aryl methyl sites for hydroxylation is 1. The van der Waals surface area contributed by atoms with Crippen molar-refractivity contribution in [3.63, 3.8) is 0 Å². The van der Waals surface area contributed by atoms with Crippen LogP contribution < -0.4 is 10.0 Å². The summed E-state index contributed by atoms with van der Waals surface area (Å²) in [5.41, 5.74) is 4.29. The molecule has 1 heterocycles. The van der Waals surface area contributed by atoms with Gasteiger partial charge in [-0.05, 0) is 48.4 Å². The molecular formula is C27H24ClN5O3S. The molecule has 37 heavy (non-hydrogen) atoms. The molecule has 2 amide bonds. The van der Waals surface area contributed by atoms with Gasteiger partial charge < -0.3 is 9.88 Å². The summed E-state index contributed by atoms with van der Waals surface area (Å²) in [7, 11) is -4.07. The Morgan fingerprint density at radius 3 is 2.41 bits per heavy atom. The number of aromatic nitrogens is 2. The molecule has 188 valence electrons. The molecule has 0 saturated heterocycles. The Balaban J connectivity index is 1.37. The van der Waals surface area contributed by atoms with Crippen LogP contribution in [0, 0.1) is 11.3 Å². The van der Waals surface area contributed by atoms with Crippen molar-refractivity contribution in [2.45, 2.75) is 24.7 Å². The maximum atomic E-state index is 12.4. The number of amides is 2. The molecule has 4 rings (SSSR count). The first kappa shape index (κ1) is 25.9. The van der Waals surface area contributed by atoms with Gasteiger partial charge in [0.05, 0.1) is 22.3 Å². The zero-order valence-electron chi connectivity index (χ0n) is 20.0. The minimum absolute atomic E-state index is 0.0380. The summed E-state index contributed by atoms with van der Waals surface area (Å²) in [5, 5.41) is 11.6. The Hall–Kier alpha value is -4.13. The van der Waals surface area contributed by atoms with Crippen LogP contribution in [0.3, 0.4) is 0 Å². The molecule has 0 spiro atoms. The molecule has 0 aliphatic carbocycles. The molecule has 0 atom stereocenters. The summed E-state index contributed by atoms with van der Waals surface area (Å²) in [6.45, 7) is 2.29. The standard InChI is InChI=1S/C27H24ClN5O3S/c1-2-26-31-24(21-11-7-20(17-29)8-12-21)18-33(26)22-13-9-19(10-14-22)15-16-30-27(34)32-37(35,36)25-6-4-3-5-23(25)28/h3-14,18H,2,15-16H2,1H3,(H2,30,32,34). The number of carbonyl (C=O) groups excluding carboxylic acids is 1. The fourth-order valence-corrected chi connectivity index (χ4v) is 5.21. The number of imidazole rings is 1. The summed E-state index contributed by atoms with van der Waals surface area (Å²) < 4.78 is 28.7. The molecule has 10 heteroatoms. The number of sulfonamides is 1. The third-order valence-corrected chi connectivity index (χ3v) is 7.50. The van der Waals surface area contributed by atoms with E-state index in [0.29, 0.717) is 12.0 Å². The van der Waals surface area contributed by atoms with Gasteiger partial charge >= 0.3 is 6.03 Å². The Bertz CT molecular complexity index is 1560. The third kappa shape index (κ3) is 6.17. The molecule has 0 unspecified atom stereocenters. The highest BCUT2D eigenvalue weighted by molar-refractivity contribution is 7.90. The summed E-state index contributed by atoms with van der Waals surface area (Å²) in [5.74, 6) is 0.908. The van der Waals surface area contributed by atoms with Gasteiger partial charge in [-0.3, -0.25) is 0 Å². The van der Waals surface area contributed by atoms with Gasteiger partial charge in [0, 0.05) is 30.4 Å². The van der Waals surface area contributed by atoms with Crippen molar-refractivity contribution in [1.29, 1.82) is 5.26 Å². The van der Waals surface area contributed by atoms with Crippen molar-refractivity contribution in [1.82, 2.24) is 19.6 Å². The van der Waals surface area contributed by atoms with Gasteiger partial charge in [-0.15, -0.1) is 0 Å². The van der Waals surface area contributed by atoms with Gasteiger partial charge in [0.15, 0.2) is 0 Å². The van der Waals surface area contributed by atoms with Crippen LogP contribution in [0.25, 0.3) is 16.9 Å². The van der Waals surface area contributed by atoms with Crippen LogP contribution in [0.5, 0.6) is 0 Å². The van der Waals surface area contributed by atoms with Crippen molar-refractivity contribution in [3.8, 4) is 23.0 Å². The predicted octanol–water partition coefficient (Wildman–Crippen LogP) is 4.86. The first-order chi connectivity index (χ1) is 17.8. The lowest BCUT2D eigenvalue weighted by Gasteiger charge is -2.10. The summed E-state index contributed by atoms with van der Waals surface area (Å²) in [4.78, 5) is 16.7. The van der Waals surface area contributed by atoms with E-state index in [4.69, 9.17) is 21.8 Å². The quantitative estimate of drug-likeness (QED) is 0.335. The largest absolute Gasteiger partial charge is 0.337 e. The normalized spacial score (nSPS) is 11.1. The van der Waals surface area contributed by atoms with Crippen molar-refractivity contribution in [2.75, 3.05) is 6.54 Å². The number of nitrogens with zero attached hydrogens (tertiary/aromatic N) is 3. The zero-order chi connectivity index (χ0) is 26.4. The van der Waals surface area contributed by atoms with Crippen molar-refractivity contribution in [2.24, 2.45) is 0 Å². The molecule has 0 aliphatic rings. The molecule has 0 fully saturated rings. The third-order valence-electron chi connectivity index (χ3n) is 5.67. The minimum atomic E-state index is -4.07. The van der Waals surface area contributed by atoms with Crippen LogP contribution in [0.1, 0.15) is 23.9 Å². The molecule has 0 bridgehead atoms. The number of halogens is 1. The summed E-state index contributed by atoms with van der Waals surface area (Å²) in [6.07, 6.45) is 3.23. The Morgan fingerprint density at radius 2 is 1.76 bits per heavy atom. The van der Waals surface area contributed by atoms with Gasteiger partial charge in [0.1, 0.15) is 10.7 Å². The van der Waals surface area contributed by atoms with E-state index in [1.54, 1.807) is 18.2 Å². The second-order valence-electron chi connectivity index (χ2n) is 8.16. The van der Waals surface area contributed by atoms with Crippen LogP contribution in [0.2, 0.25) is 5.02 Å². The van der Waals surface area contributed by atoms with Crippen LogP contribution in [0.15, 0.2) is 83.9 Å². The summed E-state index contributed by atoms with van der Waals surface area (Å²) in [6, 6.07) is 22.4. The second kappa shape index (κ2) is 11.3. The summed E-state index contributed by atoms with van der Waals surface area (Å²) >= 11 is 5.93. The van der Waals surface area contributed by atoms with Crippen molar-refractivity contribution >= 4 is 27.7 Å². The van der Waals surface area contributed by atoms with Gasteiger partial charge in [-0.2, -0.15) is 5.26 Å². The molecule has 2 N–H and O–H groups in total. The van der Waals surface area contributed by atoms with E-state index in [1.165, 1.54) is 18.2 Å². The van der Waals surface area contributed by atoms with Crippen LogP contribution in [0.4, 0.5) is 4.79 Å². The maximum absolute atomic E-state index is 12.4. The van der Waals surface area contributed by atoms with Gasteiger partial charge in [0.2, 0.25) is 0 Å².